The van der Waals surface area contributed by atoms with Crippen LogP contribution in [0.5, 0.6) is 5.75 Å². The van der Waals surface area contributed by atoms with Gasteiger partial charge in [0.05, 0.1) is 41.6 Å². The third-order valence-electron chi connectivity index (χ3n) is 7.77. The fourth-order valence-electron chi connectivity index (χ4n) is 5.59. The molecule has 222 valence electrons. The number of nitro benzene ring substituents is 1. The van der Waals surface area contributed by atoms with E-state index in [0.717, 1.165) is 39.6 Å². The average molecular weight is 599 g/mol. The van der Waals surface area contributed by atoms with Gasteiger partial charge in [-0.25, -0.2) is 0 Å². The molecule has 1 amide bonds. The SMILES string of the molecule is COc1cc([N+](=O)[O-])ccc1-n1c(C)cc([C@@H]2[C@@H](c3ccccn3)NC(=S)N2c2ccc(NC(=O)C(C)C)c(C)c2)c1C. The summed E-state index contributed by atoms with van der Waals surface area (Å²) < 4.78 is 7.64. The number of thiocarbonyl (C=S) groups is 1. The summed E-state index contributed by atoms with van der Waals surface area (Å²) in [4.78, 5) is 30.1. The lowest BCUT2D eigenvalue weighted by molar-refractivity contribution is -0.384. The second kappa shape index (κ2) is 11.8. The van der Waals surface area contributed by atoms with Gasteiger partial charge in [-0.3, -0.25) is 19.9 Å². The van der Waals surface area contributed by atoms with E-state index >= 15 is 0 Å². The first kappa shape index (κ1) is 29.7. The molecule has 0 aliphatic carbocycles. The van der Waals surface area contributed by atoms with Crippen molar-refractivity contribution in [2.24, 2.45) is 5.92 Å². The maximum atomic E-state index is 12.4. The third-order valence-corrected chi connectivity index (χ3v) is 8.09. The van der Waals surface area contributed by atoms with Crippen LogP contribution in [0.25, 0.3) is 5.69 Å². The van der Waals surface area contributed by atoms with Crippen molar-refractivity contribution in [2.45, 2.75) is 46.7 Å². The average Bonchev–Trinajstić information content (AvgIpc) is 3.48. The quantitative estimate of drug-likeness (QED) is 0.134. The standard InChI is InChI=1S/C32H34N6O4S/c1-18(2)31(39)34-25-12-10-22(15-19(25)3)37-30(29(35-32(37)43)26-9-7-8-14-33-26)24-16-20(4)36(21(24)5)27-13-11-23(38(40)41)17-28(27)42-6/h7-18,29-30H,1-6H3,(H,34,39)(H,35,43)/t29-,30-/m1/s1. The number of benzene rings is 2. The van der Waals surface area contributed by atoms with Gasteiger partial charge in [0, 0.05) is 40.9 Å². The summed E-state index contributed by atoms with van der Waals surface area (Å²) in [6, 6.07) is 17.9. The number of anilines is 2. The third kappa shape index (κ3) is 5.55. The van der Waals surface area contributed by atoms with Crippen molar-refractivity contribution in [3.8, 4) is 11.4 Å². The first-order chi connectivity index (χ1) is 20.5. The molecule has 2 atom stereocenters. The van der Waals surface area contributed by atoms with Crippen molar-refractivity contribution in [3.05, 3.63) is 105 Å². The van der Waals surface area contributed by atoms with Gasteiger partial charge in [0.2, 0.25) is 5.91 Å². The first-order valence-electron chi connectivity index (χ1n) is 14.0. The Kier molecular flexibility index (Phi) is 8.19. The molecule has 0 radical (unpaired) electrons. The van der Waals surface area contributed by atoms with Crippen LogP contribution in [-0.4, -0.2) is 32.6 Å². The summed E-state index contributed by atoms with van der Waals surface area (Å²) >= 11 is 5.94. The summed E-state index contributed by atoms with van der Waals surface area (Å²) in [5.74, 6) is 0.217. The molecule has 2 N–H and O–H groups in total. The number of nitrogens with zero attached hydrogens (tertiary/aromatic N) is 4. The Labute approximate surface area is 255 Å². The Hall–Kier alpha value is -4.77. The topological polar surface area (TPSA) is 115 Å². The Morgan fingerprint density at radius 1 is 1.12 bits per heavy atom. The number of amides is 1. The van der Waals surface area contributed by atoms with E-state index in [1.807, 2.05) is 75.6 Å². The largest absolute Gasteiger partial charge is 0.494 e. The van der Waals surface area contributed by atoms with Crippen LogP contribution in [0.1, 0.15) is 54.1 Å². The molecule has 3 heterocycles. The van der Waals surface area contributed by atoms with Crippen LogP contribution < -0.4 is 20.3 Å². The van der Waals surface area contributed by atoms with Crippen LogP contribution in [0, 0.1) is 36.8 Å². The van der Waals surface area contributed by atoms with Crippen LogP contribution in [0.2, 0.25) is 0 Å². The van der Waals surface area contributed by atoms with Crippen molar-refractivity contribution in [2.75, 3.05) is 17.3 Å². The Balaban J connectivity index is 1.64. The van der Waals surface area contributed by atoms with E-state index in [2.05, 4.69) is 26.6 Å². The van der Waals surface area contributed by atoms with Crippen molar-refractivity contribution < 1.29 is 14.5 Å². The van der Waals surface area contributed by atoms with E-state index in [1.165, 1.54) is 19.2 Å². The number of carbonyl (C=O) groups is 1. The van der Waals surface area contributed by atoms with Crippen LogP contribution in [0.4, 0.5) is 17.1 Å². The molecule has 4 aromatic rings. The highest BCUT2D eigenvalue weighted by Crippen LogP contribution is 2.45. The van der Waals surface area contributed by atoms with E-state index in [0.29, 0.717) is 16.5 Å². The second-order valence-corrected chi connectivity index (χ2v) is 11.3. The number of aryl methyl sites for hydroxylation is 2. The highest BCUT2D eigenvalue weighted by molar-refractivity contribution is 7.80. The van der Waals surface area contributed by atoms with Crippen molar-refractivity contribution in [1.82, 2.24) is 14.9 Å². The highest BCUT2D eigenvalue weighted by Gasteiger charge is 2.42. The normalized spacial score (nSPS) is 16.3. The second-order valence-electron chi connectivity index (χ2n) is 10.9. The van der Waals surface area contributed by atoms with Gasteiger partial charge in [-0.2, -0.15) is 0 Å². The zero-order valence-electron chi connectivity index (χ0n) is 24.9. The van der Waals surface area contributed by atoms with Crippen LogP contribution >= 0.6 is 12.2 Å². The Bertz CT molecular complexity index is 1720. The van der Waals surface area contributed by atoms with E-state index in [4.69, 9.17) is 17.0 Å². The van der Waals surface area contributed by atoms with Crippen LogP contribution in [-0.2, 0) is 4.79 Å². The lowest BCUT2D eigenvalue weighted by Crippen LogP contribution is -2.29. The maximum Gasteiger partial charge on any atom is 0.273 e. The Morgan fingerprint density at radius 3 is 2.51 bits per heavy atom. The molecule has 1 aliphatic heterocycles. The minimum Gasteiger partial charge on any atom is -0.494 e. The molecule has 1 fully saturated rings. The number of hydrogen-bond donors (Lipinski definition) is 2. The van der Waals surface area contributed by atoms with Crippen molar-refractivity contribution in [1.29, 1.82) is 0 Å². The van der Waals surface area contributed by atoms with Gasteiger partial charge in [-0.15, -0.1) is 0 Å². The summed E-state index contributed by atoms with van der Waals surface area (Å²) in [6.07, 6.45) is 1.77. The van der Waals surface area contributed by atoms with Gasteiger partial charge >= 0.3 is 0 Å². The fourth-order valence-corrected chi connectivity index (χ4v) is 5.93. The summed E-state index contributed by atoms with van der Waals surface area (Å²) in [7, 11) is 1.51. The molecule has 10 nitrogen and oxygen atoms in total. The number of nitrogens with one attached hydrogen (secondary N) is 2. The molecule has 0 saturated carbocycles. The number of rotatable bonds is 8. The maximum absolute atomic E-state index is 12.4. The van der Waals surface area contributed by atoms with Gasteiger partial charge in [-0.05, 0) is 86.6 Å². The number of hydrogen-bond acceptors (Lipinski definition) is 6. The predicted molar refractivity (Wildman–Crippen MR) is 171 cm³/mol. The van der Waals surface area contributed by atoms with E-state index in [9.17, 15) is 14.9 Å². The number of non-ortho nitro benzene ring substituents is 1. The molecule has 1 saturated heterocycles. The van der Waals surface area contributed by atoms with Gasteiger partial charge in [-0.1, -0.05) is 19.9 Å². The van der Waals surface area contributed by atoms with Gasteiger partial charge in [0.25, 0.3) is 5.69 Å². The summed E-state index contributed by atoms with van der Waals surface area (Å²) in [5.41, 5.74) is 6.91. The van der Waals surface area contributed by atoms with E-state index < -0.39 is 4.92 Å². The van der Waals surface area contributed by atoms with Crippen LogP contribution in [0.3, 0.4) is 0 Å². The first-order valence-corrected chi connectivity index (χ1v) is 14.4. The molecular formula is C32H34N6O4S. The molecular weight excluding hydrogens is 564 g/mol. The summed E-state index contributed by atoms with van der Waals surface area (Å²) in [6.45, 7) is 9.70. The fraction of sp³-hybridized carbons (Fsp3) is 0.281. The van der Waals surface area contributed by atoms with Crippen LogP contribution in [0.15, 0.2) is 66.9 Å². The molecule has 0 unspecified atom stereocenters. The minimum absolute atomic E-state index is 0.0431. The number of aromatic nitrogens is 2. The van der Waals surface area contributed by atoms with Gasteiger partial charge < -0.3 is 24.8 Å². The molecule has 5 rings (SSSR count). The number of methoxy groups -OCH3 is 1. The number of carbonyl (C=O) groups excluding carboxylic acids is 1. The molecule has 11 heteroatoms. The molecule has 0 spiro atoms. The van der Waals surface area contributed by atoms with Crippen molar-refractivity contribution >= 4 is 40.3 Å². The zero-order chi connectivity index (χ0) is 31.0. The van der Waals surface area contributed by atoms with Gasteiger partial charge in [0.15, 0.2) is 5.11 Å². The van der Waals surface area contributed by atoms with Gasteiger partial charge in [0.1, 0.15) is 5.75 Å². The smallest absolute Gasteiger partial charge is 0.273 e. The number of nitro groups is 1. The minimum atomic E-state index is -0.435. The molecule has 2 aromatic heterocycles. The number of ether oxygens (including phenoxy) is 1. The molecule has 0 bridgehead atoms. The lowest BCUT2D eigenvalue weighted by atomic mass is 9.96. The van der Waals surface area contributed by atoms with E-state index in [1.54, 1.807) is 12.3 Å². The zero-order valence-corrected chi connectivity index (χ0v) is 25.7. The molecule has 2 aromatic carbocycles. The lowest BCUT2D eigenvalue weighted by Gasteiger charge is -2.29. The molecule has 1 aliphatic rings. The highest BCUT2D eigenvalue weighted by atomic mass is 32.1. The monoisotopic (exact) mass is 598 g/mol. The number of pyridine rings is 1. The molecule has 43 heavy (non-hydrogen) atoms. The predicted octanol–water partition coefficient (Wildman–Crippen LogP) is 6.49. The van der Waals surface area contributed by atoms with Crippen molar-refractivity contribution in [3.63, 3.8) is 0 Å². The summed E-state index contributed by atoms with van der Waals surface area (Å²) in [5, 5.41) is 18.5. The Morgan fingerprint density at radius 2 is 1.88 bits per heavy atom. The van der Waals surface area contributed by atoms with E-state index in [-0.39, 0.29) is 29.6 Å².